The van der Waals surface area contributed by atoms with E-state index in [0.29, 0.717) is 19.5 Å². The van der Waals surface area contributed by atoms with E-state index in [1.165, 1.54) is 0 Å². The Balaban J connectivity index is 1.89. The van der Waals surface area contributed by atoms with Crippen molar-refractivity contribution in [3.05, 3.63) is 65.7 Å². The molecule has 2 aromatic rings. The van der Waals surface area contributed by atoms with E-state index in [1.807, 2.05) is 65.2 Å². The van der Waals surface area contributed by atoms with Crippen LogP contribution in [0.5, 0.6) is 0 Å². The van der Waals surface area contributed by atoms with Crippen LogP contribution >= 0.6 is 0 Å². The molecule has 0 spiro atoms. The minimum Gasteiger partial charge on any atom is -0.378 e. The quantitative estimate of drug-likeness (QED) is 0.770. The summed E-state index contributed by atoms with van der Waals surface area (Å²) >= 11 is 0. The summed E-state index contributed by atoms with van der Waals surface area (Å²) in [4.78, 5) is 2.06. The summed E-state index contributed by atoms with van der Waals surface area (Å²) in [6.07, 6.45) is 0.701. The van der Waals surface area contributed by atoms with Gasteiger partial charge in [-0.15, -0.1) is 0 Å². The third kappa shape index (κ3) is 4.40. The summed E-state index contributed by atoms with van der Waals surface area (Å²) in [7, 11) is 0.514. The second-order valence-corrected chi connectivity index (χ2v) is 10.5. The van der Waals surface area contributed by atoms with Crippen molar-refractivity contribution in [2.75, 3.05) is 25.5 Å². The minimum absolute atomic E-state index is 0.0883. The fourth-order valence-electron chi connectivity index (χ4n) is 3.65. The molecule has 28 heavy (non-hydrogen) atoms. The van der Waals surface area contributed by atoms with Crippen molar-refractivity contribution in [2.24, 2.45) is 0 Å². The maximum absolute atomic E-state index is 13.3. The number of anilines is 1. The van der Waals surface area contributed by atoms with Gasteiger partial charge in [0.15, 0.2) is 0 Å². The average molecular weight is 402 g/mol. The normalized spacial score (nSPS) is 20.4. The van der Waals surface area contributed by atoms with E-state index in [1.54, 1.807) is 8.61 Å². The van der Waals surface area contributed by atoms with Crippen LogP contribution < -0.4 is 4.90 Å². The molecule has 1 aliphatic heterocycles. The number of benzene rings is 2. The summed E-state index contributed by atoms with van der Waals surface area (Å²) in [6.45, 7) is 6.78. The van der Waals surface area contributed by atoms with Crippen LogP contribution in [0.2, 0.25) is 0 Å². The summed E-state index contributed by atoms with van der Waals surface area (Å²) in [5, 5.41) is 0. The van der Waals surface area contributed by atoms with Crippen molar-refractivity contribution in [1.82, 2.24) is 8.61 Å². The van der Waals surface area contributed by atoms with Gasteiger partial charge < -0.3 is 4.90 Å². The van der Waals surface area contributed by atoms with Crippen LogP contribution in [0.3, 0.4) is 0 Å². The van der Waals surface area contributed by atoms with Crippen molar-refractivity contribution in [2.45, 2.75) is 45.3 Å². The first-order valence-corrected chi connectivity index (χ1v) is 11.1. The highest BCUT2D eigenvalue weighted by Crippen LogP contribution is 2.33. The Morgan fingerprint density at radius 2 is 1.57 bits per heavy atom. The van der Waals surface area contributed by atoms with Gasteiger partial charge in [0.1, 0.15) is 0 Å². The van der Waals surface area contributed by atoms with Gasteiger partial charge in [-0.25, -0.2) is 0 Å². The van der Waals surface area contributed by atoms with Gasteiger partial charge in [0.05, 0.1) is 0 Å². The summed E-state index contributed by atoms with van der Waals surface area (Å²) in [6, 6.07) is 18.1. The Morgan fingerprint density at radius 1 is 0.964 bits per heavy atom. The van der Waals surface area contributed by atoms with Crippen LogP contribution in [-0.2, 0) is 23.2 Å². The maximum Gasteiger partial charge on any atom is 0.283 e. The van der Waals surface area contributed by atoms with Gasteiger partial charge in [-0.05, 0) is 50.5 Å². The number of rotatable bonds is 5. The molecule has 0 saturated carbocycles. The zero-order valence-electron chi connectivity index (χ0n) is 17.5. The topological polar surface area (TPSA) is 43.9 Å². The molecular formula is C22H31N3O2S. The minimum atomic E-state index is -3.52. The average Bonchev–Trinajstić information content (AvgIpc) is 2.87. The lowest BCUT2D eigenvalue weighted by molar-refractivity contribution is 0.253. The zero-order valence-corrected chi connectivity index (χ0v) is 18.3. The molecule has 0 N–H and O–H groups in total. The predicted octanol–water partition coefficient (Wildman–Crippen LogP) is 3.52. The second-order valence-electron chi connectivity index (χ2n) is 8.66. The third-order valence-corrected chi connectivity index (χ3v) is 7.49. The summed E-state index contributed by atoms with van der Waals surface area (Å²) in [5.41, 5.74) is 2.85. The highest BCUT2D eigenvalue weighted by atomic mass is 32.2. The van der Waals surface area contributed by atoms with E-state index in [9.17, 15) is 8.42 Å². The van der Waals surface area contributed by atoms with E-state index in [-0.39, 0.29) is 6.04 Å². The van der Waals surface area contributed by atoms with Gasteiger partial charge in [-0.2, -0.15) is 17.0 Å². The molecule has 0 amide bonds. The zero-order chi connectivity index (χ0) is 20.5. The second kappa shape index (κ2) is 7.85. The molecule has 2 aromatic carbocycles. The standard InChI is InChI=1S/C22H31N3O2S/c1-22(2,3)25-17-21(15-18-11-13-20(14-12-18)23(4)5)24(28(25,26)27)16-19-9-7-6-8-10-19/h6-14,21H,15-17H2,1-5H3/t21-/m0/s1. The van der Waals surface area contributed by atoms with E-state index < -0.39 is 15.7 Å². The molecular weight excluding hydrogens is 370 g/mol. The van der Waals surface area contributed by atoms with E-state index in [0.717, 1.165) is 16.8 Å². The molecule has 5 nitrogen and oxygen atoms in total. The van der Waals surface area contributed by atoms with Crippen LogP contribution in [-0.4, -0.2) is 49.2 Å². The smallest absolute Gasteiger partial charge is 0.283 e. The lowest BCUT2D eigenvalue weighted by atomic mass is 10.0. The Hall–Kier alpha value is -1.89. The van der Waals surface area contributed by atoms with Crippen molar-refractivity contribution in [3.63, 3.8) is 0 Å². The van der Waals surface area contributed by atoms with Crippen molar-refractivity contribution >= 4 is 15.9 Å². The molecule has 1 fully saturated rings. The first-order chi connectivity index (χ1) is 13.1. The van der Waals surface area contributed by atoms with Crippen LogP contribution in [0.1, 0.15) is 31.9 Å². The van der Waals surface area contributed by atoms with Gasteiger partial charge in [0.2, 0.25) is 0 Å². The molecule has 0 aliphatic carbocycles. The fourth-order valence-corrected chi connectivity index (χ4v) is 5.79. The van der Waals surface area contributed by atoms with Crippen LogP contribution in [0.25, 0.3) is 0 Å². The molecule has 1 saturated heterocycles. The molecule has 1 atom stereocenters. The molecule has 1 heterocycles. The first kappa shape index (κ1) is 20.8. The van der Waals surface area contributed by atoms with E-state index >= 15 is 0 Å². The van der Waals surface area contributed by atoms with Crippen molar-refractivity contribution < 1.29 is 8.42 Å². The molecule has 0 aromatic heterocycles. The number of hydrogen-bond donors (Lipinski definition) is 0. The first-order valence-electron chi connectivity index (χ1n) is 9.69. The van der Waals surface area contributed by atoms with Crippen molar-refractivity contribution in [1.29, 1.82) is 0 Å². The van der Waals surface area contributed by atoms with Crippen LogP contribution in [0, 0.1) is 0 Å². The van der Waals surface area contributed by atoms with Crippen LogP contribution in [0.4, 0.5) is 5.69 Å². The summed E-state index contributed by atoms with van der Waals surface area (Å²) in [5.74, 6) is 0. The largest absolute Gasteiger partial charge is 0.378 e. The van der Waals surface area contributed by atoms with Crippen molar-refractivity contribution in [3.8, 4) is 0 Å². The number of nitrogens with zero attached hydrogens (tertiary/aromatic N) is 3. The monoisotopic (exact) mass is 401 g/mol. The van der Waals surface area contributed by atoms with Gasteiger partial charge in [0.25, 0.3) is 10.2 Å². The summed E-state index contributed by atoms with van der Waals surface area (Å²) < 4.78 is 30.0. The van der Waals surface area contributed by atoms with E-state index in [2.05, 4.69) is 29.2 Å². The third-order valence-electron chi connectivity index (χ3n) is 5.21. The highest BCUT2D eigenvalue weighted by molar-refractivity contribution is 7.87. The lowest BCUT2D eigenvalue weighted by Gasteiger charge is -2.30. The molecule has 1 aliphatic rings. The highest BCUT2D eigenvalue weighted by Gasteiger charge is 2.48. The molecule has 0 unspecified atom stereocenters. The maximum atomic E-state index is 13.3. The fraction of sp³-hybridized carbons (Fsp3) is 0.455. The molecule has 3 rings (SSSR count). The Kier molecular flexibility index (Phi) is 5.84. The Labute approximate surface area is 169 Å². The van der Waals surface area contributed by atoms with Crippen LogP contribution in [0.15, 0.2) is 54.6 Å². The van der Waals surface area contributed by atoms with Gasteiger partial charge in [0, 0.05) is 44.5 Å². The van der Waals surface area contributed by atoms with Gasteiger partial charge in [-0.3, -0.25) is 0 Å². The van der Waals surface area contributed by atoms with Gasteiger partial charge in [-0.1, -0.05) is 42.5 Å². The molecule has 0 bridgehead atoms. The predicted molar refractivity (Wildman–Crippen MR) is 116 cm³/mol. The Bertz CT molecular complexity index is 888. The lowest BCUT2D eigenvalue weighted by Crippen LogP contribution is -2.44. The number of hydrogen-bond acceptors (Lipinski definition) is 3. The molecule has 152 valence electrons. The van der Waals surface area contributed by atoms with E-state index in [4.69, 9.17) is 0 Å². The van der Waals surface area contributed by atoms with Gasteiger partial charge >= 0.3 is 0 Å². The molecule has 0 radical (unpaired) electrons. The molecule has 6 heteroatoms. The Morgan fingerprint density at radius 3 is 2.11 bits per heavy atom. The SMILES string of the molecule is CN(C)c1ccc(C[C@H]2CN(C(C)(C)C)S(=O)(=O)N2Cc2ccccc2)cc1.